The van der Waals surface area contributed by atoms with Crippen molar-refractivity contribution in [3.05, 3.63) is 0 Å². The van der Waals surface area contributed by atoms with Gasteiger partial charge in [-0.25, -0.2) is 0 Å². The van der Waals surface area contributed by atoms with Gasteiger partial charge in [-0.05, 0) is 44.6 Å². The van der Waals surface area contributed by atoms with Crippen LogP contribution in [0.4, 0.5) is 0 Å². The lowest BCUT2D eigenvalue weighted by Gasteiger charge is -2.42. The lowest BCUT2D eigenvalue weighted by molar-refractivity contribution is 0.0823. The molecule has 0 bridgehead atoms. The van der Waals surface area contributed by atoms with Crippen LogP contribution in [0.2, 0.25) is 0 Å². The van der Waals surface area contributed by atoms with Crippen molar-refractivity contribution < 1.29 is 0 Å². The Kier molecular flexibility index (Phi) is 5.94. The minimum absolute atomic E-state index is 0.414. The maximum Gasteiger partial charge on any atom is 0.00529 e. The second-order valence-electron chi connectivity index (χ2n) is 6.68. The minimum Gasteiger partial charge on any atom is -0.330 e. The number of nitrogens with zero attached hydrogens (tertiary/aromatic N) is 1. The topological polar surface area (TPSA) is 29.3 Å². The first kappa shape index (κ1) is 15.0. The molecule has 0 saturated heterocycles. The van der Waals surface area contributed by atoms with E-state index in [0.29, 0.717) is 11.5 Å². The highest BCUT2D eigenvalue weighted by Gasteiger charge is 2.33. The Labute approximate surface area is 108 Å². The summed E-state index contributed by atoms with van der Waals surface area (Å²) in [4.78, 5) is 2.64. The molecule has 2 N–H and O–H groups in total. The van der Waals surface area contributed by atoms with Gasteiger partial charge < -0.3 is 10.6 Å². The zero-order chi connectivity index (χ0) is 12.9. The molecule has 0 unspecified atom stereocenters. The van der Waals surface area contributed by atoms with Crippen LogP contribution < -0.4 is 5.73 Å². The highest BCUT2D eigenvalue weighted by molar-refractivity contribution is 4.87. The molecule has 17 heavy (non-hydrogen) atoms. The molecule has 0 aromatic heterocycles. The zero-order valence-corrected chi connectivity index (χ0v) is 12.3. The van der Waals surface area contributed by atoms with E-state index in [1.807, 2.05) is 0 Å². The van der Waals surface area contributed by atoms with Gasteiger partial charge in [-0.15, -0.1) is 0 Å². The van der Waals surface area contributed by atoms with Gasteiger partial charge in [-0.3, -0.25) is 0 Å². The van der Waals surface area contributed by atoms with Crippen molar-refractivity contribution >= 4 is 0 Å². The average Bonchev–Trinajstić information content (AvgIpc) is 2.29. The largest absolute Gasteiger partial charge is 0.330 e. The second kappa shape index (κ2) is 6.75. The van der Waals surface area contributed by atoms with E-state index in [-0.39, 0.29) is 0 Å². The van der Waals surface area contributed by atoms with E-state index in [0.717, 1.165) is 12.5 Å². The summed E-state index contributed by atoms with van der Waals surface area (Å²) in [5.41, 5.74) is 6.50. The highest BCUT2D eigenvalue weighted by atomic mass is 15.2. The summed E-state index contributed by atoms with van der Waals surface area (Å²) in [6.07, 6.45) is 6.85. The van der Waals surface area contributed by atoms with E-state index in [1.54, 1.807) is 0 Å². The Morgan fingerprint density at radius 2 is 1.65 bits per heavy atom. The Bertz CT molecular complexity index is 205. The molecule has 2 nitrogen and oxygen atoms in total. The molecule has 1 aliphatic rings. The van der Waals surface area contributed by atoms with Gasteiger partial charge in [-0.2, -0.15) is 0 Å². The summed E-state index contributed by atoms with van der Waals surface area (Å²) in [6, 6.07) is 0.641. The standard InChI is InChI=1S/C15H32N2/c1-13(2)10-17(14(3)4)12-15(11-16)8-6-5-7-9-15/h13-14H,5-12,16H2,1-4H3. The molecule has 0 amide bonds. The summed E-state index contributed by atoms with van der Waals surface area (Å²) >= 11 is 0. The van der Waals surface area contributed by atoms with Gasteiger partial charge >= 0.3 is 0 Å². The van der Waals surface area contributed by atoms with Gasteiger partial charge in [0.1, 0.15) is 0 Å². The zero-order valence-electron chi connectivity index (χ0n) is 12.3. The van der Waals surface area contributed by atoms with E-state index in [2.05, 4.69) is 32.6 Å². The highest BCUT2D eigenvalue weighted by Crippen LogP contribution is 2.36. The monoisotopic (exact) mass is 240 g/mol. The molecule has 102 valence electrons. The quantitative estimate of drug-likeness (QED) is 0.772. The number of nitrogens with two attached hydrogens (primary N) is 1. The minimum atomic E-state index is 0.414. The Morgan fingerprint density at radius 1 is 1.06 bits per heavy atom. The molecule has 0 radical (unpaired) electrons. The molecule has 0 heterocycles. The van der Waals surface area contributed by atoms with Crippen LogP contribution in [0.1, 0.15) is 59.8 Å². The molecular weight excluding hydrogens is 208 g/mol. The lowest BCUT2D eigenvalue weighted by Crippen LogP contribution is -2.47. The number of rotatable bonds is 6. The van der Waals surface area contributed by atoms with Gasteiger partial charge in [-0.1, -0.05) is 33.1 Å². The summed E-state index contributed by atoms with van der Waals surface area (Å²) in [7, 11) is 0. The summed E-state index contributed by atoms with van der Waals surface area (Å²) in [6.45, 7) is 12.5. The van der Waals surface area contributed by atoms with E-state index in [4.69, 9.17) is 5.73 Å². The van der Waals surface area contributed by atoms with Crippen LogP contribution >= 0.6 is 0 Å². The summed E-state index contributed by atoms with van der Waals surface area (Å²) in [5.74, 6) is 0.746. The SMILES string of the molecule is CC(C)CN(CC1(CN)CCCCC1)C(C)C. The van der Waals surface area contributed by atoms with Crippen molar-refractivity contribution in [1.29, 1.82) is 0 Å². The molecule has 0 aliphatic heterocycles. The van der Waals surface area contributed by atoms with Crippen LogP contribution in [0.3, 0.4) is 0 Å². The van der Waals surface area contributed by atoms with Gasteiger partial charge in [0.05, 0.1) is 0 Å². The third-order valence-corrected chi connectivity index (χ3v) is 4.22. The van der Waals surface area contributed by atoms with Crippen LogP contribution in [0, 0.1) is 11.3 Å². The maximum atomic E-state index is 6.09. The van der Waals surface area contributed by atoms with Crippen molar-refractivity contribution in [3.8, 4) is 0 Å². The van der Waals surface area contributed by atoms with Crippen molar-refractivity contribution in [1.82, 2.24) is 4.90 Å². The van der Waals surface area contributed by atoms with Crippen LogP contribution in [0.15, 0.2) is 0 Å². The number of hydrogen-bond donors (Lipinski definition) is 1. The van der Waals surface area contributed by atoms with E-state index >= 15 is 0 Å². The van der Waals surface area contributed by atoms with E-state index in [9.17, 15) is 0 Å². The molecule has 2 heteroatoms. The third kappa shape index (κ3) is 4.59. The molecule has 1 aliphatic carbocycles. The van der Waals surface area contributed by atoms with Crippen molar-refractivity contribution in [3.63, 3.8) is 0 Å². The molecule has 0 atom stereocenters. The van der Waals surface area contributed by atoms with Gasteiger partial charge in [0.25, 0.3) is 0 Å². The summed E-state index contributed by atoms with van der Waals surface area (Å²) in [5, 5.41) is 0. The Balaban J connectivity index is 2.62. The normalized spacial score (nSPS) is 20.5. The van der Waals surface area contributed by atoms with Gasteiger partial charge in [0.15, 0.2) is 0 Å². The smallest absolute Gasteiger partial charge is 0.00529 e. The molecule has 1 saturated carbocycles. The lowest BCUT2D eigenvalue weighted by atomic mass is 9.73. The predicted molar refractivity (Wildman–Crippen MR) is 76.1 cm³/mol. The molecule has 1 fully saturated rings. The summed E-state index contributed by atoms with van der Waals surface area (Å²) < 4.78 is 0. The average molecular weight is 240 g/mol. The van der Waals surface area contributed by atoms with Crippen molar-refractivity contribution in [2.75, 3.05) is 19.6 Å². The molecule has 1 rings (SSSR count). The molecule has 0 aromatic carbocycles. The van der Waals surface area contributed by atoms with Crippen LogP contribution in [0.5, 0.6) is 0 Å². The van der Waals surface area contributed by atoms with Gasteiger partial charge in [0, 0.05) is 19.1 Å². The van der Waals surface area contributed by atoms with E-state index in [1.165, 1.54) is 45.2 Å². The Morgan fingerprint density at radius 3 is 2.06 bits per heavy atom. The first-order valence-electron chi connectivity index (χ1n) is 7.43. The first-order chi connectivity index (χ1) is 7.99. The Hall–Kier alpha value is -0.0800. The van der Waals surface area contributed by atoms with Crippen LogP contribution in [-0.4, -0.2) is 30.6 Å². The van der Waals surface area contributed by atoms with Gasteiger partial charge in [0.2, 0.25) is 0 Å². The first-order valence-corrected chi connectivity index (χ1v) is 7.43. The molecule has 0 aromatic rings. The fourth-order valence-corrected chi connectivity index (χ4v) is 3.09. The maximum absolute atomic E-state index is 6.09. The second-order valence-corrected chi connectivity index (χ2v) is 6.68. The molecule has 0 spiro atoms. The fraction of sp³-hybridized carbons (Fsp3) is 1.00. The van der Waals surface area contributed by atoms with Crippen LogP contribution in [0.25, 0.3) is 0 Å². The predicted octanol–water partition coefficient (Wildman–Crippen LogP) is 3.26. The van der Waals surface area contributed by atoms with Crippen molar-refractivity contribution in [2.24, 2.45) is 17.1 Å². The third-order valence-electron chi connectivity index (χ3n) is 4.22. The number of hydrogen-bond acceptors (Lipinski definition) is 2. The fourth-order valence-electron chi connectivity index (χ4n) is 3.09. The van der Waals surface area contributed by atoms with Crippen molar-refractivity contribution in [2.45, 2.75) is 65.8 Å². The molecular formula is C15H32N2. The van der Waals surface area contributed by atoms with Crippen LogP contribution in [-0.2, 0) is 0 Å². The van der Waals surface area contributed by atoms with E-state index < -0.39 is 0 Å².